The Hall–Kier alpha value is -3.33. The van der Waals surface area contributed by atoms with Crippen molar-refractivity contribution in [2.24, 2.45) is 5.92 Å². The fourth-order valence-electron chi connectivity index (χ4n) is 4.87. The van der Waals surface area contributed by atoms with Gasteiger partial charge in [0.2, 0.25) is 0 Å². The van der Waals surface area contributed by atoms with Crippen molar-refractivity contribution in [3.05, 3.63) is 48.2 Å². The third-order valence-corrected chi connectivity index (χ3v) is 6.95. The number of anilines is 1. The van der Waals surface area contributed by atoms with E-state index < -0.39 is 17.9 Å². The molecule has 37 heavy (non-hydrogen) atoms. The van der Waals surface area contributed by atoms with Crippen LogP contribution in [0.4, 0.5) is 18.9 Å². The number of rotatable bonds is 7. The molecule has 2 aromatic carbocycles. The molecular weight excluding hydrogens is 483 g/mol. The van der Waals surface area contributed by atoms with Gasteiger partial charge in [-0.2, -0.15) is 0 Å². The Balaban J connectivity index is 1.77. The Morgan fingerprint density at radius 1 is 1.08 bits per heavy atom. The van der Waals surface area contributed by atoms with Crippen LogP contribution in [0.15, 0.2) is 42.6 Å². The number of Topliss-reactive ketones (excluding diaryl/α,β-unsaturated/α-hetero) is 1. The number of nitrogens with zero attached hydrogens (tertiary/aromatic N) is 2. The average Bonchev–Trinajstić information content (AvgIpc) is 2.84. The van der Waals surface area contributed by atoms with Crippen molar-refractivity contribution in [3.63, 3.8) is 0 Å². The van der Waals surface area contributed by atoms with Gasteiger partial charge in [0.25, 0.3) is 0 Å². The van der Waals surface area contributed by atoms with Crippen LogP contribution in [0.5, 0.6) is 11.5 Å². The first-order chi connectivity index (χ1) is 17.4. The molecule has 4 rings (SSSR count). The van der Waals surface area contributed by atoms with Crippen LogP contribution in [0.3, 0.4) is 0 Å². The van der Waals surface area contributed by atoms with Crippen molar-refractivity contribution in [1.29, 1.82) is 0 Å². The van der Waals surface area contributed by atoms with Crippen molar-refractivity contribution in [2.75, 3.05) is 19.4 Å². The summed E-state index contributed by atoms with van der Waals surface area (Å²) in [6.45, 7) is 3.68. The number of fused-ring (bicyclic) bond motifs is 1. The first kappa shape index (κ1) is 26.7. The second kappa shape index (κ2) is 10.6. The number of phenolic OH excluding ortho intramolecular Hbond substituents is 1. The molecule has 1 aromatic heterocycles. The summed E-state index contributed by atoms with van der Waals surface area (Å²) >= 11 is 0. The molecule has 0 amide bonds. The molecule has 198 valence electrons. The molecular formula is C28H32F3N3O3. The summed E-state index contributed by atoms with van der Waals surface area (Å²) in [5, 5.41) is 14.2. The smallest absolute Gasteiger partial charge is 0.504 e. The summed E-state index contributed by atoms with van der Waals surface area (Å²) < 4.78 is 42.4. The lowest BCUT2D eigenvalue weighted by molar-refractivity contribution is -0.275. The van der Waals surface area contributed by atoms with E-state index in [0.717, 1.165) is 31.7 Å². The standard InChI is InChI=1S/C28H32F3N3O3/c1-16(2)27(36)22-15-32-23-11-5-17(18-6-12-24(35)25(14-18)37-28(29,30)31)13-21(23)26(22)33-19-7-9-20(10-8-19)34(3)4/h5-6,11-16,19-20,35H,7-10H2,1-4H3,(H,32,33). The normalized spacial score (nSPS) is 18.4. The van der Waals surface area contributed by atoms with Crippen LogP contribution in [0.25, 0.3) is 22.0 Å². The average molecular weight is 516 g/mol. The molecule has 1 heterocycles. The predicted molar refractivity (Wildman–Crippen MR) is 138 cm³/mol. The minimum absolute atomic E-state index is 0.0326. The van der Waals surface area contributed by atoms with E-state index in [1.807, 2.05) is 19.9 Å². The molecule has 3 aromatic rings. The Labute approximate surface area is 214 Å². The van der Waals surface area contributed by atoms with E-state index in [1.165, 1.54) is 12.1 Å². The van der Waals surface area contributed by atoms with E-state index in [4.69, 9.17) is 0 Å². The van der Waals surface area contributed by atoms with Gasteiger partial charge in [-0.15, -0.1) is 13.2 Å². The first-order valence-corrected chi connectivity index (χ1v) is 12.4. The molecule has 0 spiro atoms. The number of hydrogen-bond acceptors (Lipinski definition) is 6. The van der Waals surface area contributed by atoms with Crippen LogP contribution in [0.1, 0.15) is 49.9 Å². The highest BCUT2D eigenvalue weighted by atomic mass is 19.4. The van der Waals surface area contributed by atoms with Gasteiger partial charge in [0.1, 0.15) is 0 Å². The molecule has 0 radical (unpaired) electrons. The lowest BCUT2D eigenvalue weighted by Crippen LogP contribution is -2.36. The summed E-state index contributed by atoms with van der Waals surface area (Å²) in [7, 11) is 4.18. The van der Waals surface area contributed by atoms with Gasteiger partial charge in [-0.1, -0.05) is 26.0 Å². The van der Waals surface area contributed by atoms with Gasteiger partial charge in [-0.25, -0.2) is 0 Å². The summed E-state index contributed by atoms with van der Waals surface area (Å²) in [6.07, 6.45) is 0.672. The number of ether oxygens (including phenoxy) is 1. The number of benzene rings is 2. The van der Waals surface area contributed by atoms with Crippen molar-refractivity contribution in [1.82, 2.24) is 9.88 Å². The largest absolute Gasteiger partial charge is 0.573 e. The van der Waals surface area contributed by atoms with E-state index in [-0.39, 0.29) is 17.7 Å². The number of aromatic hydroxyl groups is 1. The van der Waals surface area contributed by atoms with Gasteiger partial charge >= 0.3 is 6.36 Å². The van der Waals surface area contributed by atoms with E-state index >= 15 is 0 Å². The lowest BCUT2D eigenvalue weighted by atomic mass is 9.89. The van der Waals surface area contributed by atoms with Crippen LogP contribution < -0.4 is 10.1 Å². The second-order valence-corrected chi connectivity index (χ2v) is 10.1. The topological polar surface area (TPSA) is 74.7 Å². The third kappa shape index (κ3) is 6.15. The highest BCUT2D eigenvalue weighted by molar-refractivity contribution is 6.09. The van der Waals surface area contributed by atoms with E-state index in [9.17, 15) is 23.1 Å². The number of phenols is 1. The number of hydrogen-bond donors (Lipinski definition) is 2. The van der Waals surface area contributed by atoms with Crippen LogP contribution in [-0.4, -0.2) is 53.3 Å². The maximum Gasteiger partial charge on any atom is 0.573 e. The molecule has 1 aliphatic carbocycles. The van der Waals surface area contributed by atoms with Gasteiger partial charge in [0, 0.05) is 29.6 Å². The molecule has 0 aliphatic heterocycles. The van der Waals surface area contributed by atoms with Gasteiger partial charge in [0.15, 0.2) is 17.3 Å². The van der Waals surface area contributed by atoms with Crippen molar-refractivity contribution in [3.8, 4) is 22.6 Å². The number of pyridine rings is 1. The molecule has 0 saturated heterocycles. The summed E-state index contributed by atoms with van der Waals surface area (Å²) in [6, 6.07) is 9.89. The Bertz CT molecular complexity index is 1280. The highest BCUT2D eigenvalue weighted by Crippen LogP contribution is 2.38. The minimum atomic E-state index is -4.93. The molecule has 1 fully saturated rings. The van der Waals surface area contributed by atoms with Crippen molar-refractivity contribution < 1.29 is 27.8 Å². The number of halogens is 3. The molecule has 9 heteroatoms. The lowest BCUT2D eigenvalue weighted by Gasteiger charge is -2.34. The second-order valence-electron chi connectivity index (χ2n) is 10.1. The zero-order chi connectivity index (χ0) is 26.9. The fraction of sp³-hybridized carbons (Fsp3) is 0.429. The maximum atomic E-state index is 13.1. The first-order valence-electron chi connectivity index (χ1n) is 12.4. The Kier molecular flexibility index (Phi) is 7.64. The number of carbonyl (C=O) groups is 1. The monoisotopic (exact) mass is 515 g/mol. The van der Waals surface area contributed by atoms with Crippen molar-refractivity contribution in [2.45, 2.75) is 58.0 Å². The number of nitrogens with one attached hydrogen (secondary N) is 1. The van der Waals surface area contributed by atoms with Crippen LogP contribution in [-0.2, 0) is 0 Å². The third-order valence-electron chi connectivity index (χ3n) is 6.95. The molecule has 6 nitrogen and oxygen atoms in total. The van der Waals surface area contributed by atoms with Crippen molar-refractivity contribution >= 4 is 22.4 Å². The van der Waals surface area contributed by atoms with E-state index in [2.05, 4.69) is 34.0 Å². The number of alkyl halides is 3. The quantitative estimate of drug-likeness (QED) is 0.344. The maximum absolute atomic E-state index is 13.1. The Morgan fingerprint density at radius 2 is 1.73 bits per heavy atom. The number of ketones is 1. The number of aromatic nitrogens is 1. The Morgan fingerprint density at radius 3 is 2.35 bits per heavy atom. The van der Waals surface area contributed by atoms with Gasteiger partial charge in [0.05, 0.1) is 16.8 Å². The zero-order valence-electron chi connectivity index (χ0n) is 21.4. The van der Waals surface area contributed by atoms with Gasteiger partial charge in [-0.3, -0.25) is 9.78 Å². The molecule has 1 aliphatic rings. The zero-order valence-corrected chi connectivity index (χ0v) is 21.4. The van der Waals surface area contributed by atoms with E-state index in [0.29, 0.717) is 39.3 Å². The molecule has 1 saturated carbocycles. The van der Waals surface area contributed by atoms with Crippen LogP contribution >= 0.6 is 0 Å². The summed E-state index contributed by atoms with van der Waals surface area (Å²) in [5.41, 5.74) is 2.90. The molecule has 0 atom stereocenters. The van der Waals surface area contributed by atoms with E-state index in [1.54, 1.807) is 18.3 Å². The van der Waals surface area contributed by atoms with Crippen LogP contribution in [0, 0.1) is 5.92 Å². The SMILES string of the molecule is CC(C)C(=O)c1cnc2ccc(-c3ccc(O)c(OC(F)(F)F)c3)cc2c1NC1CCC(N(C)C)CC1. The van der Waals surface area contributed by atoms with Gasteiger partial charge < -0.3 is 20.1 Å². The molecule has 0 bridgehead atoms. The summed E-state index contributed by atoms with van der Waals surface area (Å²) in [5.74, 6) is -1.55. The molecule has 2 N–H and O–H groups in total. The summed E-state index contributed by atoms with van der Waals surface area (Å²) in [4.78, 5) is 19.9. The van der Waals surface area contributed by atoms with Crippen LogP contribution in [0.2, 0.25) is 0 Å². The number of carbonyl (C=O) groups excluding carboxylic acids is 1. The predicted octanol–water partition coefficient (Wildman–Crippen LogP) is 6.63. The minimum Gasteiger partial charge on any atom is -0.504 e. The van der Waals surface area contributed by atoms with Gasteiger partial charge in [-0.05, 0) is 75.2 Å². The highest BCUT2D eigenvalue weighted by Gasteiger charge is 2.32. The molecule has 0 unspecified atom stereocenters. The fourth-order valence-corrected chi connectivity index (χ4v) is 4.87.